The monoisotopic (exact) mass is 296 g/mol. The zero-order valence-corrected chi connectivity index (χ0v) is 12.8. The minimum atomic E-state index is -0.244. The lowest BCUT2D eigenvalue weighted by atomic mass is 10.1. The highest BCUT2D eigenvalue weighted by atomic mass is 16.5. The van der Waals surface area contributed by atoms with Gasteiger partial charge in [-0.15, -0.1) is 0 Å². The zero-order chi connectivity index (χ0) is 15.8. The van der Waals surface area contributed by atoms with Gasteiger partial charge < -0.3 is 15.4 Å². The zero-order valence-electron chi connectivity index (χ0n) is 12.8. The van der Waals surface area contributed by atoms with Crippen molar-refractivity contribution < 1.29 is 9.53 Å². The molecule has 2 aromatic rings. The topological polar surface area (TPSA) is 50.4 Å². The molecule has 0 saturated carbocycles. The minimum absolute atomic E-state index is 0.244. The lowest BCUT2D eigenvalue weighted by molar-refractivity contribution is 0.244. The third-order valence-corrected chi connectivity index (χ3v) is 3.15. The molecule has 4 heteroatoms. The fraction of sp³-hybridized carbons (Fsp3) is 0.167. The Balaban J connectivity index is 1.79. The second-order valence-corrected chi connectivity index (χ2v) is 4.92. The van der Waals surface area contributed by atoms with Crippen LogP contribution in [0.3, 0.4) is 0 Å². The summed E-state index contributed by atoms with van der Waals surface area (Å²) in [5.74, 6) is 0.777. The molecule has 2 aromatic carbocycles. The summed E-state index contributed by atoms with van der Waals surface area (Å²) < 4.78 is 5.14. The molecule has 22 heavy (non-hydrogen) atoms. The molecule has 0 aromatic heterocycles. The third-order valence-electron chi connectivity index (χ3n) is 3.15. The second kappa shape index (κ2) is 7.88. The molecular formula is C18H20N2O2. The van der Waals surface area contributed by atoms with E-state index in [1.165, 1.54) is 5.56 Å². The van der Waals surface area contributed by atoms with Gasteiger partial charge in [-0.2, -0.15) is 0 Å². The van der Waals surface area contributed by atoms with Crippen molar-refractivity contribution >= 4 is 12.1 Å². The van der Waals surface area contributed by atoms with Gasteiger partial charge in [0.25, 0.3) is 0 Å². The fourth-order valence-electron chi connectivity index (χ4n) is 1.91. The van der Waals surface area contributed by atoms with Crippen molar-refractivity contribution in [2.45, 2.75) is 13.5 Å². The lowest BCUT2D eigenvalue weighted by Gasteiger charge is -2.06. The first-order chi connectivity index (χ1) is 10.7. The molecule has 2 amide bonds. The molecule has 2 rings (SSSR count). The number of hydrogen-bond donors (Lipinski definition) is 2. The summed E-state index contributed by atoms with van der Waals surface area (Å²) in [5.41, 5.74) is 3.23. The Hall–Kier alpha value is -2.75. The summed E-state index contributed by atoms with van der Waals surface area (Å²) >= 11 is 0. The van der Waals surface area contributed by atoms with Crippen molar-refractivity contribution in [2.75, 3.05) is 7.11 Å². The number of nitrogens with one attached hydrogen (secondary N) is 2. The van der Waals surface area contributed by atoms with Crippen LogP contribution >= 0.6 is 0 Å². The minimum Gasteiger partial charge on any atom is -0.497 e. The van der Waals surface area contributed by atoms with Crippen molar-refractivity contribution in [3.63, 3.8) is 0 Å². The summed E-state index contributed by atoms with van der Waals surface area (Å²) in [4.78, 5) is 11.7. The van der Waals surface area contributed by atoms with Crippen LogP contribution < -0.4 is 15.4 Å². The van der Waals surface area contributed by atoms with Crippen LogP contribution in [0.1, 0.15) is 16.7 Å². The first-order valence-corrected chi connectivity index (χ1v) is 7.08. The van der Waals surface area contributed by atoms with Gasteiger partial charge in [0.1, 0.15) is 5.75 Å². The molecule has 2 N–H and O–H groups in total. The van der Waals surface area contributed by atoms with Crippen LogP contribution in [-0.2, 0) is 6.54 Å². The van der Waals surface area contributed by atoms with Crippen molar-refractivity contribution in [2.24, 2.45) is 0 Å². The van der Waals surface area contributed by atoms with Gasteiger partial charge in [-0.05, 0) is 36.3 Å². The number of carbonyl (C=O) groups is 1. The van der Waals surface area contributed by atoms with Crippen LogP contribution in [0.5, 0.6) is 5.75 Å². The van der Waals surface area contributed by atoms with Crippen LogP contribution in [0.15, 0.2) is 54.7 Å². The van der Waals surface area contributed by atoms with Gasteiger partial charge in [0.05, 0.1) is 7.11 Å². The molecule has 0 spiro atoms. The highest BCUT2D eigenvalue weighted by Gasteiger charge is 1.99. The smallest absolute Gasteiger partial charge is 0.319 e. The van der Waals surface area contributed by atoms with E-state index >= 15 is 0 Å². The van der Waals surface area contributed by atoms with E-state index in [-0.39, 0.29) is 6.03 Å². The second-order valence-electron chi connectivity index (χ2n) is 4.92. The number of urea groups is 1. The number of ether oxygens (including phenoxy) is 1. The molecular weight excluding hydrogens is 276 g/mol. The highest BCUT2D eigenvalue weighted by molar-refractivity contribution is 5.75. The van der Waals surface area contributed by atoms with Gasteiger partial charge >= 0.3 is 6.03 Å². The van der Waals surface area contributed by atoms with E-state index in [2.05, 4.69) is 10.6 Å². The number of hydrogen-bond acceptors (Lipinski definition) is 2. The highest BCUT2D eigenvalue weighted by Crippen LogP contribution is 2.12. The Bertz CT molecular complexity index is 648. The first kappa shape index (κ1) is 15.6. The van der Waals surface area contributed by atoms with E-state index in [9.17, 15) is 4.79 Å². The summed E-state index contributed by atoms with van der Waals surface area (Å²) in [5, 5.41) is 5.47. The normalized spacial score (nSPS) is 10.5. The molecule has 0 aliphatic rings. The molecule has 0 fully saturated rings. The quantitative estimate of drug-likeness (QED) is 0.887. The number of carbonyl (C=O) groups excluding carboxylic acids is 1. The lowest BCUT2D eigenvalue weighted by Crippen LogP contribution is -2.31. The molecule has 0 saturated heterocycles. The molecule has 0 atom stereocenters. The molecule has 0 unspecified atom stereocenters. The Morgan fingerprint density at radius 3 is 2.68 bits per heavy atom. The number of amides is 2. The first-order valence-electron chi connectivity index (χ1n) is 7.08. The van der Waals surface area contributed by atoms with Crippen LogP contribution in [-0.4, -0.2) is 13.1 Å². The fourth-order valence-corrected chi connectivity index (χ4v) is 1.91. The summed E-state index contributed by atoms with van der Waals surface area (Å²) in [6, 6.07) is 15.4. The third kappa shape index (κ3) is 4.98. The maximum atomic E-state index is 11.7. The molecule has 0 bridgehead atoms. The SMILES string of the molecule is COc1cccc(CNC(=O)N/C=C/c2ccc(C)cc2)c1. The van der Waals surface area contributed by atoms with Gasteiger partial charge in [0, 0.05) is 12.7 Å². The standard InChI is InChI=1S/C18H20N2O2/c1-14-6-8-15(9-7-14)10-11-19-18(21)20-13-16-4-3-5-17(12-16)22-2/h3-12H,13H2,1-2H3,(H2,19,20,21)/b11-10+. The van der Waals surface area contributed by atoms with E-state index in [4.69, 9.17) is 4.74 Å². The van der Waals surface area contributed by atoms with Crippen LogP contribution in [0.25, 0.3) is 6.08 Å². The molecule has 0 heterocycles. The number of methoxy groups -OCH3 is 1. The maximum absolute atomic E-state index is 11.7. The average molecular weight is 296 g/mol. The maximum Gasteiger partial charge on any atom is 0.319 e. The van der Waals surface area contributed by atoms with Gasteiger partial charge in [-0.25, -0.2) is 4.79 Å². The van der Waals surface area contributed by atoms with Crippen molar-refractivity contribution in [1.29, 1.82) is 0 Å². The van der Waals surface area contributed by atoms with Crippen molar-refractivity contribution in [1.82, 2.24) is 10.6 Å². The Morgan fingerprint density at radius 1 is 1.18 bits per heavy atom. The Kier molecular flexibility index (Phi) is 5.60. The summed E-state index contributed by atoms with van der Waals surface area (Å²) in [7, 11) is 1.62. The van der Waals surface area contributed by atoms with E-state index in [1.54, 1.807) is 13.3 Å². The summed E-state index contributed by atoms with van der Waals surface area (Å²) in [6.07, 6.45) is 3.48. The number of aryl methyl sites for hydroxylation is 1. The van der Waals surface area contributed by atoms with E-state index < -0.39 is 0 Å². The van der Waals surface area contributed by atoms with Crippen molar-refractivity contribution in [3.05, 3.63) is 71.4 Å². The molecule has 0 aliphatic heterocycles. The molecule has 114 valence electrons. The van der Waals surface area contributed by atoms with Crippen LogP contribution in [0.4, 0.5) is 4.79 Å². The van der Waals surface area contributed by atoms with E-state index in [0.717, 1.165) is 16.9 Å². The predicted octanol–water partition coefficient (Wildman–Crippen LogP) is 3.47. The average Bonchev–Trinajstić information content (AvgIpc) is 2.55. The van der Waals surface area contributed by atoms with Gasteiger partial charge in [-0.3, -0.25) is 0 Å². The molecule has 4 nitrogen and oxygen atoms in total. The molecule has 0 aliphatic carbocycles. The number of rotatable bonds is 5. The summed E-state index contributed by atoms with van der Waals surface area (Å²) in [6.45, 7) is 2.49. The largest absolute Gasteiger partial charge is 0.497 e. The van der Waals surface area contributed by atoms with Gasteiger partial charge in [0.15, 0.2) is 0 Å². The Morgan fingerprint density at radius 2 is 1.95 bits per heavy atom. The van der Waals surface area contributed by atoms with Crippen LogP contribution in [0.2, 0.25) is 0 Å². The van der Waals surface area contributed by atoms with Gasteiger partial charge in [0.2, 0.25) is 0 Å². The van der Waals surface area contributed by atoms with E-state index in [1.807, 2.05) is 61.5 Å². The van der Waals surface area contributed by atoms with Crippen molar-refractivity contribution in [3.8, 4) is 5.75 Å². The van der Waals surface area contributed by atoms with Crippen LogP contribution in [0, 0.1) is 6.92 Å². The number of benzene rings is 2. The Labute approximate surface area is 130 Å². The predicted molar refractivity (Wildman–Crippen MR) is 88.6 cm³/mol. The van der Waals surface area contributed by atoms with Gasteiger partial charge in [-0.1, -0.05) is 42.0 Å². The van der Waals surface area contributed by atoms with E-state index in [0.29, 0.717) is 6.54 Å². The molecule has 0 radical (unpaired) electrons.